The molecule has 0 aliphatic carbocycles. The van der Waals surface area contributed by atoms with Gasteiger partial charge in [-0.1, -0.05) is 54.6 Å². The van der Waals surface area contributed by atoms with Crippen LogP contribution in [-0.2, 0) is 0 Å². The maximum atomic E-state index is 12.4. The minimum atomic E-state index is 0.00592. The summed E-state index contributed by atoms with van der Waals surface area (Å²) < 4.78 is 1.86. The molecule has 0 radical (unpaired) electrons. The van der Waals surface area contributed by atoms with Gasteiger partial charge in [0.25, 0.3) is 0 Å². The van der Waals surface area contributed by atoms with Crippen LogP contribution < -0.4 is 0 Å². The van der Waals surface area contributed by atoms with Crippen molar-refractivity contribution in [3.63, 3.8) is 0 Å². The van der Waals surface area contributed by atoms with Gasteiger partial charge in [0, 0.05) is 22.5 Å². The van der Waals surface area contributed by atoms with E-state index in [1.54, 1.807) is 13.1 Å². The van der Waals surface area contributed by atoms with E-state index in [0.29, 0.717) is 11.3 Å². The van der Waals surface area contributed by atoms with Crippen LogP contribution in [0.1, 0.15) is 17.3 Å². The lowest BCUT2D eigenvalue weighted by molar-refractivity contribution is 0.102. The first kappa shape index (κ1) is 14.8. The molecule has 5 rings (SSSR count). The summed E-state index contributed by atoms with van der Waals surface area (Å²) in [7, 11) is 0. The Bertz CT molecular complexity index is 1300. The third-order valence-electron chi connectivity index (χ3n) is 4.73. The standard InChI is InChI=1S/C22H15N3O/c1-14(26)19-18-12-11-17-10-9-16-8-5-13-23-21(16)22(17)25(18)24-20(19)15-6-3-2-4-7-15/h2-13H,1H3. The number of carbonyl (C=O) groups is 1. The third-order valence-corrected chi connectivity index (χ3v) is 4.73. The normalized spacial score (nSPS) is 11.4. The Labute approximate surface area is 149 Å². The van der Waals surface area contributed by atoms with Crippen LogP contribution in [0, 0.1) is 0 Å². The topological polar surface area (TPSA) is 47.3 Å². The molecule has 3 aromatic heterocycles. The molecule has 0 aliphatic rings. The van der Waals surface area contributed by atoms with Gasteiger partial charge >= 0.3 is 0 Å². The average molecular weight is 337 g/mol. The highest BCUT2D eigenvalue weighted by molar-refractivity contribution is 6.10. The van der Waals surface area contributed by atoms with Gasteiger partial charge in [-0.3, -0.25) is 9.78 Å². The minimum absolute atomic E-state index is 0.00592. The van der Waals surface area contributed by atoms with Crippen molar-refractivity contribution >= 4 is 33.1 Å². The van der Waals surface area contributed by atoms with Crippen molar-refractivity contribution in [2.24, 2.45) is 0 Å². The van der Waals surface area contributed by atoms with E-state index in [1.807, 2.05) is 59.1 Å². The fourth-order valence-corrected chi connectivity index (χ4v) is 3.57. The van der Waals surface area contributed by atoms with Gasteiger partial charge in [-0.15, -0.1) is 0 Å². The molecule has 0 amide bonds. The smallest absolute Gasteiger partial charge is 0.164 e. The molecule has 2 aromatic carbocycles. The number of aromatic nitrogens is 3. The zero-order valence-electron chi connectivity index (χ0n) is 14.2. The molecule has 0 aliphatic heterocycles. The van der Waals surface area contributed by atoms with Gasteiger partial charge in [0.15, 0.2) is 5.78 Å². The zero-order valence-corrected chi connectivity index (χ0v) is 14.2. The van der Waals surface area contributed by atoms with Crippen molar-refractivity contribution in [3.05, 3.63) is 78.5 Å². The molecular formula is C22H15N3O. The Morgan fingerprint density at radius 2 is 1.65 bits per heavy atom. The summed E-state index contributed by atoms with van der Waals surface area (Å²) >= 11 is 0. The van der Waals surface area contributed by atoms with E-state index < -0.39 is 0 Å². The molecule has 0 spiro atoms. The lowest BCUT2D eigenvalue weighted by Gasteiger charge is -2.05. The Hall–Kier alpha value is -3.53. The highest BCUT2D eigenvalue weighted by Crippen LogP contribution is 2.31. The molecule has 5 aromatic rings. The SMILES string of the molecule is CC(=O)c1c(-c2ccccc2)nn2c1ccc1ccc3cccnc3c12. The first-order chi connectivity index (χ1) is 12.7. The van der Waals surface area contributed by atoms with Crippen molar-refractivity contribution in [1.29, 1.82) is 0 Å². The van der Waals surface area contributed by atoms with Crippen LogP contribution >= 0.6 is 0 Å². The fourth-order valence-electron chi connectivity index (χ4n) is 3.57. The Kier molecular flexibility index (Phi) is 3.12. The van der Waals surface area contributed by atoms with Crippen LogP contribution in [0.15, 0.2) is 72.9 Å². The number of carbonyl (C=O) groups excluding carboxylic acids is 1. The van der Waals surface area contributed by atoms with Gasteiger partial charge in [-0.2, -0.15) is 5.10 Å². The molecule has 0 saturated carbocycles. The summed E-state index contributed by atoms with van der Waals surface area (Å²) in [4.78, 5) is 17.0. The lowest BCUT2D eigenvalue weighted by Crippen LogP contribution is -1.95. The molecular weight excluding hydrogens is 322 g/mol. The van der Waals surface area contributed by atoms with Crippen LogP contribution in [0.3, 0.4) is 0 Å². The van der Waals surface area contributed by atoms with Gasteiger partial charge in [-0.05, 0) is 19.1 Å². The fraction of sp³-hybridized carbons (Fsp3) is 0.0455. The summed E-state index contributed by atoms with van der Waals surface area (Å²) in [6.45, 7) is 1.59. The van der Waals surface area contributed by atoms with E-state index in [-0.39, 0.29) is 5.78 Å². The number of hydrogen-bond acceptors (Lipinski definition) is 3. The Morgan fingerprint density at radius 1 is 0.885 bits per heavy atom. The number of pyridine rings is 2. The highest BCUT2D eigenvalue weighted by Gasteiger charge is 2.20. The highest BCUT2D eigenvalue weighted by atomic mass is 16.1. The second-order valence-electron chi connectivity index (χ2n) is 6.35. The number of nitrogens with zero attached hydrogens (tertiary/aromatic N) is 3. The zero-order chi connectivity index (χ0) is 17.7. The van der Waals surface area contributed by atoms with E-state index in [0.717, 1.165) is 32.9 Å². The maximum Gasteiger partial charge on any atom is 0.164 e. The molecule has 0 unspecified atom stereocenters. The van der Waals surface area contributed by atoms with Gasteiger partial charge < -0.3 is 0 Å². The van der Waals surface area contributed by atoms with E-state index in [9.17, 15) is 4.79 Å². The Balaban J connectivity index is 1.99. The van der Waals surface area contributed by atoms with Crippen LogP contribution in [0.25, 0.3) is 38.6 Å². The van der Waals surface area contributed by atoms with Crippen molar-refractivity contribution in [3.8, 4) is 11.3 Å². The van der Waals surface area contributed by atoms with Crippen LogP contribution in [-0.4, -0.2) is 20.4 Å². The first-order valence-electron chi connectivity index (χ1n) is 8.49. The number of hydrogen-bond donors (Lipinski definition) is 0. The molecule has 124 valence electrons. The van der Waals surface area contributed by atoms with Gasteiger partial charge in [-0.25, -0.2) is 4.52 Å². The van der Waals surface area contributed by atoms with Crippen molar-refractivity contribution in [2.75, 3.05) is 0 Å². The van der Waals surface area contributed by atoms with Gasteiger partial charge in [0.2, 0.25) is 0 Å². The molecule has 26 heavy (non-hydrogen) atoms. The molecule has 0 bridgehead atoms. The predicted molar refractivity (Wildman–Crippen MR) is 103 cm³/mol. The summed E-state index contributed by atoms with van der Waals surface area (Å²) in [5.74, 6) is 0.00592. The van der Waals surface area contributed by atoms with E-state index in [2.05, 4.69) is 17.1 Å². The molecule has 0 atom stereocenters. The third kappa shape index (κ3) is 2.05. The molecule has 0 fully saturated rings. The number of ketones is 1. The summed E-state index contributed by atoms with van der Waals surface area (Å²) in [5.41, 5.74) is 4.90. The molecule has 4 heteroatoms. The summed E-state index contributed by atoms with van der Waals surface area (Å²) in [6, 6.07) is 21.9. The van der Waals surface area contributed by atoms with Crippen molar-refractivity contribution < 1.29 is 4.79 Å². The molecule has 4 nitrogen and oxygen atoms in total. The van der Waals surface area contributed by atoms with E-state index >= 15 is 0 Å². The number of benzene rings is 2. The monoisotopic (exact) mass is 337 g/mol. The number of fused-ring (bicyclic) bond motifs is 5. The first-order valence-corrected chi connectivity index (χ1v) is 8.49. The summed E-state index contributed by atoms with van der Waals surface area (Å²) in [5, 5.41) is 6.93. The van der Waals surface area contributed by atoms with Crippen LogP contribution in [0.5, 0.6) is 0 Å². The predicted octanol–water partition coefficient (Wildman–Crippen LogP) is 4.91. The summed E-state index contributed by atoms with van der Waals surface area (Å²) in [6.07, 6.45) is 1.79. The largest absolute Gasteiger partial charge is 0.294 e. The van der Waals surface area contributed by atoms with E-state index in [1.165, 1.54) is 0 Å². The van der Waals surface area contributed by atoms with Crippen molar-refractivity contribution in [2.45, 2.75) is 6.92 Å². The second kappa shape index (κ2) is 5.49. The second-order valence-corrected chi connectivity index (χ2v) is 6.35. The molecule has 0 saturated heterocycles. The minimum Gasteiger partial charge on any atom is -0.294 e. The van der Waals surface area contributed by atoms with Crippen molar-refractivity contribution in [1.82, 2.24) is 14.6 Å². The van der Waals surface area contributed by atoms with E-state index in [4.69, 9.17) is 5.10 Å². The van der Waals surface area contributed by atoms with Gasteiger partial charge in [0.05, 0.1) is 22.1 Å². The maximum absolute atomic E-state index is 12.4. The number of rotatable bonds is 2. The molecule has 0 N–H and O–H groups in total. The van der Waals surface area contributed by atoms with Crippen LogP contribution in [0.2, 0.25) is 0 Å². The van der Waals surface area contributed by atoms with Gasteiger partial charge in [0.1, 0.15) is 5.69 Å². The molecule has 3 heterocycles. The Morgan fingerprint density at radius 3 is 2.46 bits per heavy atom. The lowest BCUT2D eigenvalue weighted by atomic mass is 10.0. The quantitative estimate of drug-likeness (QED) is 0.340. The van der Waals surface area contributed by atoms with Crippen LogP contribution in [0.4, 0.5) is 0 Å². The average Bonchev–Trinajstić information content (AvgIpc) is 3.08. The number of Topliss-reactive ketones (excluding diaryl/α,β-unsaturated/α-hetero) is 1.